The molecule has 118 valence electrons. The van der Waals surface area contributed by atoms with Gasteiger partial charge in [-0.15, -0.1) is 0 Å². The van der Waals surface area contributed by atoms with Crippen molar-refractivity contribution in [2.75, 3.05) is 24.6 Å². The Morgan fingerprint density at radius 2 is 2.09 bits per heavy atom. The normalized spacial score (nSPS) is 14.7. The molecule has 2 aromatic rings. The van der Waals surface area contributed by atoms with Gasteiger partial charge in [0, 0.05) is 30.9 Å². The molecule has 3 rings (SSSR count). The third kappa shape index (κ3) is 2.51. The summed E-state index contributed by atoms with van der Waals surface area (Å²) >= 11 is 0. The Labute approximate surface area is 126 Å². The summed E-state index contributed by atoms with van der Waals surface area (Å²) in [5.41, 5.74) is 0.351. The molecular weight excluding hydrogens is 295 g/mol. The molecule has 0 atom stereocenters. The largest absolute Gasteiger partial charge is 0.490 e. The SMILES string of the molecule is CCN1CCOc2cc(-c3cnn(C)c3)c(C(F)(F)F)cc21. The summed E-state index contributed by atoms with van der Waals surface area (Å²) in [7, 11) is 1.67. The first kappa shape index (κ1) is 14.7. The zero-order valence-corrected chi connectivity index (χ0v) is 12.3. The number of aryl methyl sites for hydroxylation is 1. The van der Waals surface area contributed by atoms with Gasteiger partial charge in [0.25, 0.3) is 0 Å². The monoisotopic (exact) mass is 311 g/mol. The van der Waals surface area contributed by atoms with Gasteiger partial charge >= 0.3 is 6.18 Å². The highest BCUT2D eigenvalue weighted by atomic mass is 19.4. The Hall–Kier alpha value is -2.18. The summed E-state index contributed by atoms with van der Waals surface area (Å²) in [6.07, 6.45) is -1.44. The van der Waals surface area contributed by atoms with Gasteiger partial charge in [0.1, 0.15) is 12.4 Å². The zero-order chi connectivity index (χ0) is 15.9. The van der Waals surface area contributed by atoms with E-state index in [9.17, 15) is 13.2 Å². The van der Waals surface area contributed by atoms with Crippen LogP contribution in [0.4, 0.5) is 18.9 Å². The Kier molecular flexibility index (Phi) is 3.50. The van der Waals surface area contributed by atoms with Crippen LogP contribution in [0.25, 0.3) is 11.1 Å². The van der Waals surface area contributed by atoms with Gasteiger partial charge in [0.2, 0.25) is 0 Å². The number of likely N-dealkylation sites (N-methyl/N-ethyl adjacent to an activating group) is 1. The Bertz CT molecular complexity index is 694. The molecule has 0 radical (unpaired) electrons. The molecule has 7 heteroatoms. The number of anilines is 1. The number of rotatable bonds is 2. The molecule has 0 spiro atoms. The van der Waals surface area contributed by atoms with E-state index in [-0.39, 0.29) is 5.56 Å². The minimum absolute atomic E-state index is 0.0947. The van der Waals surface area contributed by atoms with E-state index in [1.54, 1.807) is 13.2 Å². The van der Waals surface area contributed by atoms with Gasteiger partial charge in [-0.2, -0.15) is 18.3 Å². The lowest BCUT2D eigenvalue weighted by Crippen LogP contribution is -2.32. The molecule has 0 bridgehead atoms. The van der Waals surface area contributed by atoms with Crippen LogP contribution >= 0.6 is 0 Å². The highest BCUT2D eigenvalue weighted by Gasteiger charge is 2.36. The van der Waals surface area contributed by atoms with Crippen LogP contribution in [0.15, 0.2) is 24.5 Å². The average Bonchev–Trinajstić information content (AvgIpc) is 2.90. The van der Waals surface area contributed by atoms with E-state index in [2.05, 4.69) is 5.10 Å². The fourth-order valence-electron chi connectivity index (χ4n) is 2.68. The van der Waals surface area contributed by atoms with Crippen molar-refractivity contribution >= 4 is 5.69 Å². The van der Waals surface area contributed by atoms with Crippen LogP contribution in [-0.2, 0) is 13.2 Å². The average molecular weight is 311 g/mol. The lowest BCUT2D eigenvalue weighted by atomic mass is 9.99. The molecule has 1 aliphatic heterocycles. The first-order chi connectivity index (χ1) is 10.4. The number of halogens is 3. The minimum Gasteiger partial charge on any atom is -0.490 e. The van der Waals surface area contributed by atoms with Crippen LogP contribution in [-0.4, -0.2) is 29.5 Å². The zero-order valence-electron chi connectivity index (χ0n) is 12.3. The van der Waals surface area contributed by atoms with Crippen LogP contribution in [0.2, 0.25) is 0 Å². The van der Waals surface area contributed by atoms with Crippen molar-refractivity contribution in [1.29, 1.82) is 0 Å². The smallest absolute Gasteiger partial charge is 0.417 e. The molecule has 1 aliphatic rings. The number of benzene rings is 1. The van der Waals surface area contributed by atoms with E-state index in [0.717, 1.165) is 0 Å². The second kappa shape index (κ2) is 5.23. The van der Waals surface area contributed by atoms with Crippen LogP contribution in [0, 0.1) is 0 Å². The summed E-state index contributed by atoms with van der Waals surface area (Å²) in [4.78, 5) is 1.89. The quantitative estimate of drug-likeness (QED) is 0.852. The molecule has 0 saturated heterocycles. The van der Waals surface area contributed by atoms with Gasteiger partial charge in [-0.3, -0.25) is 4.68 Å². The van der Waals surface area contributed by atoms with Gasteiger partial charge in [-0.1, -0.05) is 0 Å². The second-order valence-electron chi connectivity index (χ2n) is 5.19. The number of fused-ring (bicyclic) bond motifs is 1. The molecular formula is C15H16F3N3O. The number of hydrogen-bond acceptors (Lipinski definition) is 3. The molecule has 4 nitrogen and oxygen atoms in total. The van der Waals surface area contributed by atoms with E-state index in [4.69, 9.17) is 4.74 Å². The van der Waals surface area contributed by atoms with Gasteiger partial charge in [0.15, 0.2) is 0 Å². The topological polar surface area (TPSA) is 30.3 Å². The standard InChI is InChI=1S/C15H16F3N3O/c1-3-21-4-5-22-14-6-11(10-8-19-20(2)9-10)12(7-13(14)21)15(16,17)18/h6-9H,3-5H2,1-2H3. The molecule has 0 fully saturated rings. The van der Waals surface area contributed by atoms with Crippen molar-refractivity contribution in [2.24, 2.45) is 7.05 Å². The third-order valence-corrected chi connectivity index (χ3v) is 3.76. The van der Waals surface area contributed by atoms with Crippen LogP contribution in [0.1, 0.15) is 12.5 Å². The Morgan fingerprint density at radius 1 is 1.32 bits per heavy atom. The highest BCUT2D eigenvalue weighted by Crippen LogP contribution is 2.44. The Balaban J connectivity index is 2.21. The van der Waals surface area contributed by atoms with Gasteiger partial charge in [0.05, 0.1) is 24.0 Å². The molecule has 0 unspecified atom stereocenters. The number of alkyl halides is 3. The number of nitrogens with zero attached hydrogens (tertiary/aromatic N) is 3. The summed E-state index contributed by atoms with van der Waals surface area (Å²) in [5.74, 6) is 0.486. The summed E-state index contributed by atoms with van der Waals surface area (Å²) in [6, 6.07) is 2.65. The fraction of sp³-hybridized carbons (Fsp3) is 0.400. The molecule has 0 aliphatic carbocycles. The van der Waals surface area contributed by atoms with Gasteiger partial charge in [-0.05, 0) is 19.1 Å². The van der Waals surface area contributed by atoms with E-state index in [1.165, 1.54) is 23.0 Å². The summed E-state index contributed by atoms with van der Waals surface area (Å²) in [6.45, 7) is 3.61. The van der Waals surface area contributed by atoms with Crippen LogP contribution < -0.4 is 9.64 Å². The molecule has 1 aromatic heterocycles. The molecule has 0 saturated carbocycles. The second-order valence-corrected chi connectivity index (χ2v) is 5.19. The van der Waals surface area contributed by atoms with Crippen molar-refractivity contribution < 1.29 is 17.9 Å². The first-order valence-corrected chi connectivity index (χ1v) is 7.02. The van der Waals surface area contributed by atoms with Crippen molar-refractivity contribution in [1.82, 2.24) is 9.78 Å². The van der Waals surface area contributed by atoms with E-state index in [1.807, 2.05) is 11.8 Å². The molecule has 2 heterocycles. The first-order valence-electron chi connectivity index (χ1n) is 7.02. The number of aromatic nitrogens is 2. The lowest BCUT2D eigenvalue weighted by molar-refractivity contribution is -0.137. The van der Waals surface area contributed by atoms with Crippen molar-refractivity contribution in [3.8, 4) is 16.9 Å². The molecule has 0 amide bonds. The third-order valence-electron chi connectivity index (χ3n) is 3.76. The highest BCUT2D eigenvalue weighted by molar-refractivity contribution is 5.75. The number of hydrogen-bond donors (Lipinski definition) is 0. The fourth-order valence-corrected chi connectivity index (χ4v) is 2.68. The summed E-state index contributed by atoms with van der Waals surface area (Å²) < 4.78 is 47.4. The van der Waals surface area contributed by atoms with E-state index in [0.29, 0.717) is 36.7 Å². The maximum Gasteiger partial charge on any atom is 0.417 e. The van der Waals surface area contributed by atoms with Crippen molar-refractivity contribution in [3.05, 3.63) is 30.1 Å². The number of ether oxygens (including phenoxy) is 1. The minimum atomic E-state index is -4.43. The maximum absolute atomic E-state index is 13.5. The van der Waals surface area contributed by atoms with Crippen LogP contribution in [0.5, 0.6) is 5.75 Å². The van der Waals surface area contributed by atoms with E-state index >= 15 is 0 Å². The molecule has 1 aromatic carbocycles. The van der Waals surface area contributed by atoms with Gasteiger partial charge < -0.3 is 9.64 Å². The summed E-state index contributed by atoms with van der Waals surface area (Å²) in [5, 5.41) is 3.96. The van der Waals surface area contributed by atoms with Crippen molar-refractivity contribution in [2.45, 2.75) is 13.1 Å². The lowest BCUT2D eigenvalue weighted by Gasteiger charge is -2.31. The van der Waals surface area contributed by atoms with Crippen LogP contribution in [0.3, 0.4) is 0 Å². The van der Waals surface area contributed by atoms with E-state index < -0.39 is 11.7 Å². The Morgan fingerprint density at radius 3 is 2.68 bits per heavy atom. The molecule has 22 heavy (non-hydrogen) atoms. The maximum atomic E-state index is 13.5. The molecule has 0 N–H and O–H groups in total. The van der Waals surface area contributed by atoms with Gasteiger partial charge in [-0.25, -0.2) is 0 Å². The van der Waals surface area contributed by atoms with Crippen molar-refractivity contribution in [3.63, 3.8) is 0 Å². The predicted octanol–water partition coefficient (Wildman–Crippen LogP) is 3.32. The predicted molar refractivity (Wildman–Crippen MR) is 77.0 cm³/mol.